The van der Waals surface area contributed by atoms with Gasteiger partial charge in [-0.05, 0) is 33.1 Å². The fourth-order valence-corrected chi connectivity index (χ4v) is 5.37. The summed E-state index contributed by atoms with van der Waals surface area (Å²) in [6, 6.07) is 0. The Bertz CT molecular complexity index is 768. The van der Waals surface area contributed by atoms with Crippen LogP contribution in [0.5, 0.6) is 0 Å². The van der Waals surface area contributed by atoms with Gasteiger partial charge >= 0.3 is 0 Å². The number of nitrogens with zero attached hydrogens (tertiary/aromatic N) is 1. The van der Waals surface area contributed by atoms with Gasteiger partial charge in [0.15, 0.2) is 5.13 Å². The number of aliphatic hydroxyl groups is 1. The standard InChI is InChI=1S/C13H16N2O4S2/c1-7-9(6-16)12(8(2)19-7)21(17,18)15-13-14-10-4-3-5-11(10)20-13/h16H,3-6H2,1-2H3,(H,14,15). The summed E-state index contributed by atoms with van der Waals surface area (Å²) in [5.74, 6) is 0.685. The lowest BCUT2D eigenvalue weighted by Gasteiger charge is -2.06. The van der Waals surface area contributed by atoms with Crippen LogP contribution in [0.15, 0.2) is 9.31 Å². The zero-order valence-corrected chi connectivity index (χ0v) is 13.4. The number of thiazole rings is 1. The number of furan rings is 1. The van der Waals surface area contributed by atoms with Crippen LogP contribution in [0.2, 0.25) is 0 Å². The number of anilines is 1. The van der Waals surface area contributed by atoms with Crippen LogP contribution in [0.25, 0.3) is 0 Å². The number of fused-ring (bicyclic) bond motifs is 1. The molecule has 21 heavy (non-hydrogen) atoms. The van der Waals surface area contributed by atoms with Crippen LogP contribution in [0, 0.1) is 13.8 Å². The molecule has 6 nitrogen and oxygen atoms in total. The highest BCUT2D eigenvalue weighted by Crippen LogP contribution is 2.33. The van der Waals surface area contributed by atoms with Crippen LogP contribution < -0.4 is 4.72 Å². The summed E-state index contributed by atoms with van der Waals surface area (Å²) in [7, 11) is -3.81. The molecule has 0 unspecified atom stereocenters. The van der Waals surface area contributed by atoms with E-state index in [1.165, 1.54) is 11.3 Å². The molecule has 0 bridgehead atoms. The van der Waals surface area contributed by atoms with Gasteiger partial charge in [-0.15, -0.1) is 11.3 Å². The van der Waals surface area contributed by atoms with E-state index in [1.54, 1.807) is 13.8 Å². The molecular formula is C13H16N2O4S2. The van der Waals surface area contributed by atoms with Crippen molar-refractivity contribution in [3.63, 3.8) is 0 Å². The number of rotatable bonds is 4. The molecule has 1 aliphatic carbocycles. The number of sulfonamides is 1. The third kappa shape index (κ3) is 2.47. The molecule has 0 amide bonds. The van der Waals surface area contributed by atoms with Crippen molar-refractivity contribution in [1.82, 2.24) is 4.98 Å². The van der Waals surface area contributed by atoms with Crippen molar-refractivity contribution in [3.05, 3.63) is 27.7 Å². The average Bonchev–Trinajstić information content (AvgIpc) is 3.01. The summed E-state index contributed by atoms with van der Waals surface area (Å²) >= 11 is 1.38. The Kier molecular flexibility index (Phi) is 3.54. The first-order valence-electron chi connectivity index (χ1n) is 6.63. The van der Waals surface area contributed by atoms with E-state index < -0.39 is 10.0 Å². The van der Waals surface area contributed by atoms with Crippen LogP contribution in [0.3, 0.4) is 0 Å². The van der Waals surface area contributed by atoms with Gasteiger partial charge in [0.05, 0.1) is 12.3 Å². The Hall–Kier alpha value is -1.38. The third-order valence-corrected chi connectivity index (χ3v) is 6.30. The van der Waals surface area contributed by atoms with Crippen LogP contribution in [0.4, 0.5) is 5.13 Å². The van der Waals surface area contributed by atoms with Crippen LogP contribution >= 0.6 is 11.3 Å². The van der Waals surface area contributed by atoms with Crippen molar-refractivity contribution in [3.8, 4) is 0 Å². The predicted molar refractivity (Wildman–Crippen MR) is 79.1 cm³/mol. The maximum atomic E-state index is 12.5. The molecule has 0 saturated heterocycles. The second-order valence-corrected chi connectivity index (χ2v) is 7.73. The van der Waals surface area contributed by atoms with Gasteiger partial charge in [0, 0.05) is 10.4 Å². The fraction of sp³-hybridized carbons (Fsp3) is 0.462. The molecule has 2 aromatic heterocycles. The number of hydrogen-bond acceptors (Lipinski definition) is 6. The van der Waals surface area contributed by atoms with Crippen molar-refractivity contribution < 1.29 is 17.9 Å². The first-order valence-corrected chi connectivity index (χ1v) is 8.93. The Morgan fingerprint density at radius 2 is 2.10 bits per heavy atom. The van der Waals surface area contributed by atoms with Crippen LogP contribution in [-0.2, 0) is 29.5 Å². The molecule has 0 radical (unpaired) electrons. The van der Waals surface area contributed by atoms with Gasteiger partial charge in [0.1, 0.15) is 16.4 Å². The van der Waals surface area contributed by atoms with Gasteiger partial charge in [-0.2, -0.15) is 0 Å². The number of aryl methyl sites for hydroxylation is 4. The Labute approximate surface area is 126 Å². The molecule has 1 aliphatic rings. The molecule has 3 rings (SSSR count). The maximum Gasteiger partial charge on any atom is 0.267 e. The first-order chi connectivity index (χ1) is 9.92. The highest BCUT2D eigenvalue weighted by Gasteiger charge is 2.28. The Morgan fingerprint density at radius 3 is 2.76 bits per heavy atom. The molecule has 2 aromatic rings. The molecule has 0 spiro atoms. The molecule has 0 aliphatic heterocycles. The molecule has 0 atom stereocenters. The number of aromatic nitrogens is 1. The van der Waals surface area contributed by atoms with E-state index in [-0.39, 0.29) is 17.3 Å². The van der Waals surface area contributed by atoms with Crippen molar-refractivity contribution in [1.29, 1.82) is 0 Å². The summed E-state index contributed by atoms with van der Waals surface area (Å²) in [5, 5.41) is 9.75. The lowest BCUT2D eigenvalue weighted by Crippen LogP contribution is -2.15. The van der Waals surface area contributed by atoms with E-state index in [9.17, 15) is 13.5 Å². The van der Waals surface area contributed by atoms with Crippen LogP contribution in [-0.4, -0.2) is 18.5 Å². The van der Waals surface area contributed by atoms with E-state index in [0.29, 0.717) is 16.5 Å². The van der Waals surface area contributed by atoms with E-state index >= 15 is 0 Å². The predicted octanol–water partition coefficient (Wildman–Crippen LogP) is 2.13. The van der Waals surface area contributed by atoms with E-state index in [2.05, 4.69) is 9.71 Å². The molecule has 114 valence electrons. The van der Waals surface area contributed by atoms with Gasteiger partial charge in [0.25, 0.3) is 10.0 Å². The summed E-state index contributed by atoms with van der Waals surface area (Å²) in [5.41, 5.74) is 1.28. The molecule has 0 saturated carbocycles. The smallest absolute Gasteiger partial charge is 0.267 e. The van der Waals surface area contributed by atoms with E-state index in [4.69, 9.17) is 4.42 Å². The second kappa shape index (κ2) is 5.11. The SMILES string of the molecule is Cc1oc(C)c(S(=O)(=O)Nc2nc3c(s2)CCC3)c1CO. The van der Waals surface area contributed by atoms with Gasteiger partial charge in [-0.25, -0.2) is 13.4 Å². The van der Waals surface area contributed by atoms with Gasteiger partial charge in [-0.1, -0.05) is 0 Å². The lowest BCUT2D eigenvalue weighted by molar-refractivity contribution is 0.276. The highest BCUT2D eigenvalue weighted by molar-refractivity contribution is 7.93. The summed E-state index contributed by atoms with van der Waals surface area (Å²) in [4.78, 5) is 5.49. The fourth-order valence-electron chi connectivity index (χ4n) is 2.64. The molecular weight excluding hydrogens is 312 g/mol. The van der Waals surface area contributed by atoms with Crippen LogP contribution in [0.1, 0.15) is 34.1 Å². The van der Waals surface area contributed by atoms with Crippen molar-refractivity contribution in [2.75, 3.05) is 4.72 Å². The summed E-state index contributed by atoms with van der Waals surface area (Å²) < 4.78 is 32.9. The van der Waals surface area contributed by atoms with E-state index in [1.807, 2.05) is 0 Å². The van der Waals surface area contributed by atoms with Gasteiger partial charge in [0.2, 0.25) is 0 Å². The van der Waals surface area contributed by atoms with Crippen molar-refractivity contribution in [2.24, 2.45) is 0 Å². The van der Waals surface area contributed by atoms with Crippen molar-refractivity contribution >= 4 is 26.5 Å². The molecule has 2 N–H and O–H groups in total. The number of aliphatic hydroxyl groups excluding tert-OH is 1. The normalized spacial score (nSPS) is 14.4. The van der Waals surface area contributed by atoms with E-state index in [0.717, 1.165) is 29.8 Å². The minimum absolute atomic E-state index is 0.0119. The van der Waals surface area contributed by atoms with Gasteiger partial charge < -0.3 is 9.52 Å². The average molecular weight is 328 g/mol. The molecule has 0 fully saturated rings. The zero-order valence-electron chi connectivity index (χ0n) is 11.8. The molecule has 2 heterocycles. The maximum absolute atomic E-state index is 12.5. The summed E-state index contributed by atoms with van der Waals surface area (Å²) in [6.45, 7) is 2.83. The topological polar surface area (TPSA) is 92.4 Å². The number of nitrogens with one attached hydrogen (secondary N) is 1. The Morgan fingerprint density at radius 1 is 1.33 bits per heavy atom. The summed E-state index contributed by atoms with van der Waals surface area (Å²) in [6.07, 6.45) is 2.94. The second-order valence-electron chi connectivity index (χ2n) is 5.03. The highest BCUT2D eigenvalue weighted by atomic mass is 32.2. The monoisotopic (exact) mass is 328 g/mol. The third-order valence-electron chi connectivity index (χ3n) is 3.57. The minimum Gasteiger partial charge on any atom is -0.465 e. The quantitative estimate of drug-likeness (QED) is 0.897. The molecule has 0 aromatic carbocycles. The first kappa shape index (κ1) is 14.6. The zero-order chi connectivity index (χ0) is 15.2. The largest absolute Gasteiger partial charge is 0.465 e. The Balaban J connectivity index is 1.97. The van der Waals surface area contributed by atoms with Gasteiger partial charge in [-0.3, -0.25) is 4.72 Å². The number of hydrogen-bond donors (Lipinski definition) is 2. The lowest BCUT2D eigenvalue weighted by atomic mass is 10.2. The minimum atomic E-state index is -3.81. The van der Waals surface area contributed by atoms with Crippen molar-refractivity contribution in [2.45, 2.75) is 44.6 Å². The molecule has 8 heteroatoms.